The van der Waals surface area contributed by atoms with Gasteiger partial charge in [0.1, 0.15) is 6.61 Å². The van der Waals surface area contributed by atoms with E-state index in [1.165, 1.54) is 0 Å². The third kappa shape index (κ3) is 4.63. The van der Waals surface area contributed by atoms with E-state index >= 15 is 0 Å². The summed E-state index contributed by atoms with van der Waals surface area (Å²) in [4.78, 5) is 11.6. The fourth-order valence-corrected chi connectivity index (χ4v) is 2.29. The van der Waals surface area contributed by atoms with Gasteiger partial charge in [-0.05, 0) is 30.5 Å². The summed E-state index contributed by atoms with van der Waals surface area (Å²) in [5, 5.41) is 2.89. The lowest BCUT2D eigenvalue weighted by molar-refractivity contribution is -0.124. The summed E-state index contributed by atoms with van der Waals surface area (Å²) in [5.74, 6) is 1.40. The first kappa shape index (κ1) is 16.6. The van der Waals surface area contributed by atoms with Gasteiger partial charge in [0, 0.05) is 19.1 Å². The molecule has 0 radical (unpaired) electrons. The molecule has 5 nitrogen and oxygen atoms in total. The van der Waals surface area contributed by atoms with Gasteiger partial charge in [0.05, 0.1) is 13.2 Å². The molecule has 1 fully saturated rings. The monoisotopic (exact) mass is 307 g/mol. The molecule has 22 heavy (non-hydrogen) atoms. The average Bonchev–Trinajstić information content (AvgIpc) is 3.04. The molecule has 1 aliphatic rings. The lowest BCUT2D eigenvalue weighted by atomic mass is 10.1. The number of amides is 1. The van der Waals surface area contributed by atoms with Crippen molar-refractivity contribution in [1.82, 2.24) is 5.32 Å². The second-order valence-corrected chi connectivity index (χ2v) is 5.80. The molecule has 1 aromatic carbocycles. The third-order valence-electron chi connectivity index (χ3n) is 3.67. The van der Waals surface area contributed by atoms with E-state index in [9.17, 15) is 4.79 Å². The SMILES string of the molecule is COc1cc(CNC(=O)C(C)C)ccc1OCC1CCCO1. The van der Waals surface area contributed by atoms with Crippen molar-refractivity contribution in [2.24, 2.45) is 5.92 Å². The van der Waals surface area contributed by atoms with Gasteiger partial charge in [-0.1, -0.05) is 19.9 Å². The minimum Gasteiger partial charge on any atom is -0.493 e. The van der Waals surface area contributed by atoms with E-state index in [-0.39, 0.29) is 17.9 Å². The Morgan fingerprint density at radius 2 is 2.23 bits per heavy atom. The van der Waals surface area contributed by atoms with Crippen LogP contribution in [0.25, 0.3) is 0 Å². The molecular formula is C17H25NO4. The van der Waals surface area contributed by atoms with Gasteiger partial charge in [-0.15, -0.1) is 0 Å². The highest BCUT2D eigenvalue weighted by atomic mass is 16.5. The van der Waals surface area contributed by atoms with Crippen LogP contribution in [-0.4, -0.2) is 32.3 Å². The minimum atomic E-state index is -0.0177. The van der Waals surface area contributed by atoms with Gasteiger partial charge in [0.2, 0.25) is 5.91 Å². The zero-order valence-corrected chi connectivity index (χ0v) is 13.6. The van der Waals surface area contributed by atoms with E-state index in [4.69, 9.17) is 14.2 Å². The first-order valence-corrected chi connectivity index (χ1v) is 7.79. The van der Waals surface area contributed by atoms with E-state index in [1.807, 2.05) is 32.0 Å². The summed E-state index contributed by atoms with van der Waals surface area (Å²) in [6, 6.07) is 5.71. The van der Waals surface area contributed by atoms with Gasteiger partial charge in [-0.25, -0.2) is 0 Å². The Balaban J connectivity index is 1.93. The molecule has 0 aliphatic carbocycles. The molecule has 1 atom stereocenters. The van der Waals surface area contributed by atoms with Gasteiger partial charge in [-0.2, -0.15) is 0 Å². The molecular weight excluding hydrogens is 282 g/mol. The maximum atomic E-state index is 11.6. The van der Waals surface area contributed by atoms with Gasteiger partial charge >= 0.3 is 0 Å². The fourth-order valence-electron chi connectivity index (χ4n) is 2.29. The zero-order chi connectivity index (χ0) is 15.9. The summed E-state index contributed by atoms with van der Waals surface area (Å²) in [6.45, 7) is 5.59. The molecule has 1 saturated heterocycles. The molecule has 5 heteroatoms. The lowest BCUT2D eigenvalue weighted by Crippen LogP contribution is -2.27. The molecule has 1 aliphatic heterocycles. The zero-order valence-electron chi connectivity index (χ0n) is 13.6. The Morgan fingerprint density at radius 1 is 1.41 bits per heavy atom. The predicted octanol–water partition coefficient (Wildman–Crippen LogP) is 2.53. The molecule has 2 rings (SSSR count). The van der Waals surface area contributed by atoms with Crippen molar-refractivity contribution in [3.05, 3.63) is 23.8 Å². The summed E-state index contributed by atoms with van der Waals surface area (Å²) in [7, 11) is 1.62. The molecule has 1 unspecified atom stereocenters. The van der Waals surface area contributed by atoms with Gasteiger partial charge in [-0.3, -0.25) is 4.79 Å². The summed E-state index contributed by atoms with van der Waals surface area (Å²) < 4.78 is 16.7. The predicted molar refractivity (Wildman–Crippen MR) is 84.1 cm³/mol. The number of hydrogen-bond acceptors (Lipinski definition) is 4. The van der Waals surface area contributed by atoms with Crippen LogP contribution in [0.4, 0.5) is 0 Å². The van der Waals surface area contributed by atoms with Crippen molar-refractivity contribution in [3.8, 4) is 11.5 Å². The summed E-state index contributed by atoms with van der Waals surface area (Å²) in [5.41, 5.74) is 0.982. The van der Waals surface area contributed by atoms with Crippen LogP contribution in [0.15, 0.2) is 18.2 Å². The Hall–Kier alpha value is -1.75. The first-order chi connectivity index (χ1) is 10.6. The quantitative estimate of drug-likeness (QED) is 0.841. The topological polar surface area (TPSA) is 56.8 Å². The van der Waals surface area contributed by atoms with Crippen LogP contribution in [0.2, 0.25) is 0 Å². The molecule has 1 heterocycles. The Kier molecular flexibility index (Phi) is 6.07. The molecule has 122 valence electrons. The molecule has 1 N–H and O–H groups in total. The second-order valence-electron chi connectivity index (χ2n) is 5.80. The van der Waals surface area contributed by atoms with Crippen molar-refractivity contribution in [1.29, 1.82) is 0 Å². The van der Waals surface area contributed by atoms with Crippen molar-refractivity contribution in [2.75, 3.05) is 20.3 Å². The number of benzene rings is 1. The van der Waals surface area contributed by atoms with Crippen LogP contribution < -0.4 is 14.8 Å². The minimum absolute atomic E-state index is 0.0177. The largest absolute Gasteiger partial charge is 0.493 e. The number of hydrogen-bond donors (Lipinski definition) is 1. The standard InChI is InChI=1S/C17H25NO4/c1-12(2)17(19)18-10-13-6-7-15(16(9-13)20-3)22-11-14-5-4-8-21-14/h6-7,9,12,14H,4-5,8,10-11H2,1-3H3,(H,18,19). The van der Waals surface area contributed by atoms with E-state index in [0.29, 0.717) is 24.7 Å². The van der Waals surface area contributed by atoms with Crippen LogP contribution in [0.1, 0.15) is 32.3 Å². The number of nitrogens with one attached hydrogen (secondary N) is 1. The van der Waals surface area contributed by atoms with Crippen molar-refractivity contribution < 1.29 is 19.0 Å². The van der Waals surface area contributed by atoms with E-state index in [2.05, 4.69) is 5.32 Å². The average molecular weight is 307 g/mol. The Bertz CT molecular complexity index is 495. The molecule has 0 spiro atoms. The molecule has 0 bridgehead atoms. The van der Waals surface area contributed by atoms with Gasteiger partial charge < -0.3 is 19.5 Å². The first-order valence-electron chi connectivity index (χ1n) is 7.79. The Morgan fingerprint density at radius 3 is 2.86 bits per heavy atom. The molecule has 0 aromatic heterocycles. The smallest absolute Gasteiger partial charge is 0.222 e. The Labute approximate surface area is 131 Å². The highest BCUT2D eigenvalue weighted by Crippen LogP contribution is 2.29. The van der Waals surface area contributed by atoms with Crippen LogP contribution >= 0.6 is 0 Å². The third-order valence-corrected chi connectivity index (χ3v) is 3.67. The number of ether oxygens (including phenoxy) is 3. The normalized spacial score (nSPS) is 17.5. The van der Waals surface area contributed by atoms with Crippen LogP contribution in [-0.2, 0) is 16.1 Å². The van der Waals surface area contributed by atoms with E-state index in [0.717, 1.165) is 25.0 Å². The number of carbonyl (C=O) groups excluding carboxylic acids is 1. The van der Waals surface area contributed by atoms with Gasteiger partial charge in [0.15, 0.2) is 11.5 Å². The molecule has 1 aromatic rings. The summed E-state index contributed by atoms with van der Waals surface area (Å²) in [6.07, 6.45) is 2.32. The summed E-state index contributed by atoms with van der Waals surface area (Å²) >= 11 is 0. The second kappa shape index (κ2) is 8.03. The van der Waals surface area contributed by atoms with Crippen LogP contribution in [0.3, 0.4) is 0 Å². The highest BCUT2D eigenvalue weighted by molar-refractivity contribution is 5.77. The molecule has 0 saturated carbocycles. The van der Waals surface area contributed by atoms with Crippen molar-refractivity contribution in [2.45, 2.75) is 39.3 Å². The van der Waals surface area contributed by atoms with Gasteiger partial charge in [0.25, 0.3) is 0 Å². The number of rotatable bonds is 7. The lowest BCUT2D eigenvalue weighted by Gasteiger charge is -2.15. The van der Waals surface area contributed by atoms with Crippen LogP contribution in [0, 0.1) is 5.92 Å². The van der Waals surface area contributed by atoms with E-state index in [1.54, 1.807) is 7.11 Å². The van der Waals surface area contributed by atoms with Crippen LogP contribution in [0.5, 0.6) is 11.5 Å². The number of carbonyl (C=O) groups is 1. The maximum Gasteiger partial charge on any atom is 0.222 e. The van der Waals surface area contributed by atoms with E-state index < -0.39 is 0 Å². The van der Waals surface area contributed by atoms with Crippen molar-refractivity contribution >= 4 is 5.91 Å². The highest BCUT2D eigenvalue weighted by Gasteiger charge is 2.17. The van der Waals surface area contributed by atoms with Crippen molar-refractivity contribution in [3.63, 3.8) is 0 Å². The fraction of sp³-hybridized carbons (Fsp3) is 0.588. The number of methoxy groups -OCH3 is 1. The molecule has 1 amide bonds. The maximum absolute atomic E-state index is 11.6.